The van der Waals surface area contributed by atoms with Crippen LogP contribution in [0.25, 0.3) is 33.4 Å². The molecule has 0 bridgehead atoms. The van der Waals surface area contributed by atoms with Gasteiger partial charge < -0.3 is 9.64 Å². The topological polar surface area (TPSA) is 101 Å². The van der Waals surface area contributed by atoms with Crippen molar-refractivity contribution in [1.82, 2.24) is 20.2 Å². The quantitative estimate of drug-likeness (QED) is 0.510. The molecule has 0 saturated carbocycles. The van der Waals surface area contributed by atoms with E-state index in [0.717, 1.165) is 45.8 Å². The molecule has 4 aromatic rings. The van der Waals surface area contributed by atoms with Gasteiger partial charge in [0.2, 0.25) is 0 Å². The molecule has 1 aliphatic heterocycles. The first-order valence-corrected chi connectivity index (χ1v) is 12.3. The molecule has 1 N–H and O–H groups in total. The van der Waals surface area contributed by atoms with Crippen molar-refractivity contribution in [3.63, 3.8) is 0 Å². The maximum Gasteiger partial charge on any atom is 0.175 e. The van der Waals surface area contributed by atoms with Crippen LogP contribution in [-0.2, 0) is 14.6 Å². The van der Waals surface area contributed by atoms with E-state index in [0.29, 0.717) is 18.1 Å². The molecule has 32 heavy (non-hydrogen) atoms. The Morgan fingerprint density at radius 2 is 1.94 bits per heavy atom. The van der Waals surface area contributed by atoms with E-state index in [2.05, 4.69) is 33.1 Å². The lowest BCUT2D eigenvalue weighted by Crippen LogP contribution is -2.44. The first-order chi connectivity index (χ1) is 15.4. The summed E-state index contributed by atoms with van der Waals surface area (Å²) in [6.45, 7) is 4.14. The molecule has 1 unspecified atom stereocenters. The highest BCUT2D eigenvalue weighted by molar-refractivity contribution is 7.90. The van der Waals surface area contributed by atoms with Gasteiger partial charge in [-0.3, -0.25) is 10.1 Å². The van der Waals surface area contributed by atoms with Crippen LogP contribution in [0.5, 0.6) is 0 Å². The summed E-state index contributed by atoms with van der Waals surface area (Å²) >= 11 is 0. The largest absolute Gasteiger partial charge is 0.377 e. The van der Waals surface area contributed by atoms with Crippen LogP contribution in [0.15, 0.2) is 59.8 Å². The number of nitrogens with zero attached hydrogens (tertiary/aromatic N) is 4. The predicted octanol–water partition coefficient (Wildman–Crippen LogP) is 3.32. The maximum absolute atomic E-state index is 11.9. The fourth-order valence-electron chi connectivity index (χ4n) is 4.06. The number of anilines is 1. The molecule has 1 saturated heterocycles. The van der Waals surface area contributed by atoms with Crippen LogP contribution in [0.1, 0.15) is 6.92 Å². The average molecular weight is 450 g/mol. The van der Waals surface area contributed by atoms with E-state index in [1.165, 1.54) is 6.26 Å². The number of nitrogens with one attached hydrogen (secondary N) is 1. The van der Waals surface area contributed by atoms with Crippen LogP contribution in [0.2, 0.25) is 0 Å². The van der Waals surface area contributed by atoms with Gasteiger partial charge in [0.05, 0.1) is 29.8 Å². The van der Waals surface area contributed by atoms with Crippen LogP contribution < -0.4 is 4.90 Å². The summed E-state index contributed by atoms with van der Waals surface area (Å²) in [5, 5.41) is 7.98. The molecule has 3 aromatic heterocycles. The van der Waals surface area contributed by atoms with E-state index in [1.807, 2.05) is 24.3 Å². The van der Waals surface area contributed by atoms with Crippen molar-refractivity contribution in [2.45, 2.75) is 17.9 Å². The molecule has 1 aliphatic rings. The van der Waals surface area contributed by atoms with Gasteiger partial charge in [0, 0.05) is 30.6 Å². The van der Waals surface area contributed by atoms with Gasteiger partial charge >= 0.3 is 0 Å². The molecule has 0 aliphatic carbocycles. The Labute approximate surface area is 186 Å². The molecule has 0 amide bonds. The summed E-state index contributed by atoms with van der Waals surface area (Å²) in [6.07, 6.45) is 4.66. The number of benzene rings is 1. The van der Waals surface area contributed by atoms with E-state index in [4.69, 9.17) is 9.72 Å². The third-order valence-corrected chi connectivity index (χ3v) is 6.85. The second-order valence-corrected chi connectivity index (χ2v) is 9.98. The number of sulfone groups is 1. The van der Waals surface area contributed by atoms with Gasteiger partial charge in [0.15, 0.2) is 9.84 Å². The Bertz CT molecular complexity index is 1370. The number of H-pyrrole nitrogens is 1. The second kappa shape index (κ2) is 7.99. The van der Waals surface area contributed by atoms with Gasteiger partial charge in [0.25, 0.3) is 0 Å². The lowest BCUT2D eigenvalue weighted by Gasteiger charge is -2.34. The number of hydrogen-bond donors (Lipinski definition) is 1. The number of hydrogen-bond acceptors (Lipinski definition) is 7. The standard InChI is InChI=1S/C23H23N5O3S/c1-15-14-31-12-11-28(15)21-13-19(16-3-5-17(6-4-16)32(2,29)30)18-7-9-24-23(22(18)26-21)20-8-10-25-27-20/h3-10,13,15H,11-12,14H2,1-2H3,(H,25,27). The van der Waals surface area contributed by atoms with E-state index in [-0.39, 0.29) is 6.04 Å². The highest BCUT2D eigenvalue weighted by atomic mass is 32.2. The Hall–Kier alpha value is -3.30. The van der Waals surface area contributed by atoms with Gasteiger partial charge in [-0.1, -0.05) is 12.1 Å². The van der Waals surface area contributed by atoms with Crippen molar-refractivity contribution < 1.29 is 13.2 Å². The highest BCUT2D eigenvalue weighted by Crippen LogP contribution is 2.35. The molecule has 8 nitrogen and oxygen atoms in total. The van der Waals surface area contributed by atoms with Crippen LogP contribution in [0.3, 0.4) is 0 Å². The number of aromatic nitrogens is 4. The molecule has 0 radical (unpaired) electrons. The third-order valence-electron chi connectivity index (χ3n) is 5.73. The normalized spacial score (nSPS) is 17.1. The smallest absolute Gasteiger partial charge is 0.175 e. The Kier molecular flexibility index (Phi) is 5.15. The molecule has 1 aromatic carbocycles. The van der Waals surface area contributed by atoms with E-state index < -0.39 is 9.84 Å². The molecule has 1 fully saturated rings. The molecular weight excluding hydrogens is 426 g/mol. The fourth-order valence-corrected chi connectivity index (χ4v) is 4.69. The molecule has 164 valence electrons. The van der Waals surface area contributed by atoms with E-state index in [9.17, 15) is 8.42 Å². The van der Waals surface area contributed by atoms with Crippen molar-refractivity contribution in [3.8, 4) is 22.5 Å². The van der Waals surface area contributed by atoms with Crippen LogP contribution in [-0.4, -0.2) is 60.6 Å². The number of fused-ring (bicyclic) bond motifs is 1. The van der Waals surface area contributed by atoms with Crippen molar-refractivity contribution in [2.24, 2.45) is 0 Å². The Balaban J connectivity index is 1.75. The van der Waals surface area contributed by atoms with Gasteiger partial charge in [-0.05, 0) is 48.4 Å². The van der Waals surface area contributed by atoms with Crippen LogP contribution in [0, 0.1) is 0 Å². The highest BCUT2D eigenvalue weighted by Gasteiger charge is 2.23. The van der Waals surface area contributed by atoms with Crippen molar-refractivity contribution in [3.05, 3.63) is 54.9 Å². The zero-order valence-corrected chi connectivity index (χ0v) is 18.6. The number of morpholine rings is 1. The summed E-state index contributed by atoms with van der Waals surface area (Å²) < 4.78 is 29.5. The lowest BCUT2D eigenvalue weighted by molar-refractivity contribution is 0.0986. The molecule has 0 spiro atoms. The lowest BCUT2D eigenvalue weighted by atomic mass is 10.00. The van der Waals surface area contributed by atoms with Crippen molar-refractivity contribution in [2.75, 3.05) is 30.9 Å². The molecule has 9 heteroatoms. The molecule has 1 atom stereocenters. The SMILES string of the molecule is CC1COCCN1c1cc(-c2ccc(S(C)(=O)=O)cc2)c2ccnc(-c3ccn[nH]3)c2n1. The summed E-state index contributed by atoms with van der Waals surface area (Å²) in [4.78, 5) is 12.1. The fraction of sp³-hybridized carbons (Fsp3) is 0.261. The average Bonchev–Trinajstić information content (AvgIpc) is 3.32. The Morgan fingerprint density at radius 3 is 2.62 bits per heavy atom. The summed E-state index contributed by atoms with van der Waals surface area (Å²) in [6, 6.07) is 13.0. The molecule has 5 rings (SSSR count). The molecular formula is C23H23N5O3S. The minimum Gasteiger partial charge on any atom is -0.377 e. The predicted molar refractivity (Wildman–Crippen MR) is 123 cm³/mol. The monoisotopic (exact) mass is 449 g/mol. The zero-order chi connectivity index (χ0) is 22.3. The van der Waals surface area contributed by atoms with Crippen molar-refractivity contribution >= 4 is 26.6 Å². The minimum atomic E-state index is -3.27. The second-order valence-electron chi connectivity index (χ2n) is 7.97. The van der Waals surface area contributed by atoms with Gasteiger partial charge in [-0.2, -0.15) is 5.10 Å². The maximum atomic E-state index is 11.9. The number of ether oxygens (including phenoxy) is 1. The number of pyridine rings is 2. The Morgan fingerprint density at radius 1 is 1.12 bits per heavy atom. The van der Waals surface area contributed by atoms with Gasteiger partial charge in [-0.25, -0.2) is 13.4 Å². The minimum absolute atomic E-state index is 0.182. The van der Waals surface area contributed by atoms with Crippen LogP contribution >= 0.6 is 0 Å². The van der Waals surface area contributed by atoms with E-state index >= 15 is 0 Å². The van der Waals surface area contributed by atoms with Gasteiger partial charge in [0.1, 0.15) is 17.0 Å². The first kappa shape index (κ1) is 20.6. The third kappa shape index (κ3) is 3.74. The zero-order valence-electron chi connectivity index (χ0n) is 17.8. The summed E-state index contributed by atoms with van der Waals surface area (Å²) in [5.74, 6) is 0.837. The number of aromatic amines is 1. The van der Waals surface area contributed by atoms with Gasteiger partial charge in [-0.15, -0.1) is 0 Å². The number of rotatable bonds is 4. The van der Waals surface area contributed by atoms with Crippen molar-refractivity contribution in [1.29, 1.82) is 0 Å². The van der Waals surface area contributed by atoms with E-state index in [1.54, 1.807) is 24.5 Å². The summed E-state index contributed by atoms with van der Waals surface area (Å²) in [5.41, 5.74) is 4.14. The molecule has 4 heterocycles. The summed E-state index contributed by atoms with van der Waals surface area (Å²) in [7, 11) is -3.27. The first-order valence-electron chi connectivity index (χ1n) is 10.4. The van der Waals surface area contributed by atoms with Crippen LogP contribution in [0.4, 0.5) is 5.82 Å².